The van der Waals surface area contributed by atoms with Gasteiger partial charge in [-0.2, -0.15) is 13.1 Å². The predicted molar refractivity (Wildman–Crippen MR) is 108 cm³/mol. The average Bonchev–Trinajstić information content (AvgIpc) is 3.30. The van der Waals surface area contributed by atoms with E-state index >= 15 is 0 Å². The number of carbonyl (C=O) groups is 2. The second-order valence-electron chi connectivity index (χ2n) is 9.61. The first-order valence-electron chi connectivity index (χ1n) is 9.84. The number of rotatable bonds is 5. The van der Waals surface area contributed by atoms with Crippen molar-refractivity contribution in [3.8, 4) is 0 Å². The topological polar surface area (TPSA) is 117 Å². The zero-order valence-electron chi connectivity index (χ0n) is 18.2. The van der Waals surface area contributed by atoms with Gasteiger partial charge in [0.25, 0.3) is 0 Å². The molecule has 0 aromatic rings. The van der Waals surface area contributed by atoms with Gasteiger partial charge in [0.1, 0.15) is 11.2 Å². The Morgan fingerprint density at radius 1 is 0.931 bits per heavy atom. The molecule has 1 aliphatic carbocycles. The van der Waals surface area contributed by atoms with E-state index in [1.807, 2.05) is 25.5 Å². The molecule has 0 atom stereocenters. The van der Waals surface area contributed by atoms with E-state index in [2.05, 4.69) is 9.62 Å². The van der Waals surface area contributed by atoms with Crippen LogP contribution in [0.1, 0.15) is 54.4 Å². The molecule has 2 rings (SSSR count). The lowest BCUT2D eigenvalue weighted by Crippen LogP contribution is -2.57. The maximum atomic E-state index is 12.2. The summed E-state index contributed by atoms with van der Waals surface area (Å²) in [5.74, 6) is 0. The summed E-state index contributed by atoms with van der Waals surface area (Å²) in [6, 6.07) is 0. The third-order valence-corrected chi connectivity index (χ3v) is 5.60. The van der Waals surface area contributed by atoms with Crippen LogP contribution >= 0.6 is 0 Å². The summed E-state index contributed by atoms with van der Waals surface area (Å²) in [5, 5.41) is 0. The number of nitrogens with one attached hydrogen (secondary N) is 2. The van der Waals surface area contributed by atoms with Gasteiger partial charge in [-0.05, 0) is 54.4 Å². The Bertz CT molecular complexity index is 714. The van der Waals surface area contributed by atoms with Crippen LogP contribution in [0.4, 0.5) is 9.59 Å². The standard InChI is InChI=1S/C18H34N4O6S/c1-16(2,3)27-14(23)20-29(25,26)19-13-18(7-8-18)22-11-9-21(10-12-22)15(24)28-17(4,5)6/h19H,7-13H2,1-6H3,(H,20,23). The summed E-state index contributed by atoms with van der Waals surface area (Å²) in [7, 11) is -4.02. The number of carbonyl (C=O) groups excluding carboxylic acids is 2. The summed E-state index contributed by atoms with van der Waals surface area (Å²) in [5.41, 5.74) is -1.60. The van der Waals surface area contributed by atoms with Crippen molar-refractivity contribution in [3.05, 3.63) is 0 Å². The number of nitrogens with zero attached hydrogens (tertiary/aromatic N) is 2. The van der Waals surface area contributed by atoms with Crippen LogP contribution < -0.4 is 9.44 Å². The molecule has 0 unspecified atom stereocenters. The second kappa shape index (κ2) is 8.27. The first-order chi connectivity index (χ1) is 13.1. The van der Waals surface area contributed by atoms with Gasteiger partial charge in [0.15, 0.2) is 0 Å². The van der Waals surface area contributed by atoms with Crippen molar-refractivity contribution in [1.82, 2.24) is 19.2 Å². The van der Waals surface area contributed by atoms with Gasteiger partial charge in [-0.1, -0.05) is 0 Å². The summed E-state index contributed by atoms with van der Waals surface area (Å²) < 4.78 is 39.0. The van der Waals surface area contributed by atoms with Gasteiger partial charge >= 0.3 is 22.4 Å². The minimum atomic E-state index is -4.02. The Hall–Kier alpha value is -1.59. The third kappa shape index (κ3) is 7.63. The lowest BCUT2D eigenvalue weighted by molar-refractivity contribution is 0.00881. The van der Waals surface area contributed by atoms with E-state index in [4.69, 9.17) is 9.47 Å². The molecule has 2 N–H and O–H groups in total. The van der Waals surface area contributed by atoms with Crippen LogP contribution in [0, 0.1) is 0 Å². The van der Waals surface area contributed by atoms with Crippen molar-refractivity contribution in [3.63, 3.8) is 0 Å². The Labute approximate surface area is 173 Å². The fourth-order valence-electron chi connectivity index (χ4n) is 3.11. The van der Waals surface area contributed by atoms with Crippen LogP contribution in [-0.2, 0) is 19.7 Å². The molecule has 1 saturated carbocycles. The Balaban J connectivity index is 1.82. The molecular formula is C18H34N4O6S. The molecule has 2 aliphatic rings. The molecule has 1 heterocycles. The molecule has 29 heavy (non-hydrogen) atoms. The zero-order chi connectivity index (χ0) is 22.1. The van der Waals surface area contributed by atoms with Gasteiger partial charge in [-0.15, -0.1) is 0 Å². The molecule has 10 nitrogen and oxygen atoms in total. The second-order valence-corrected chi connectivity index (χ2v) is 11.1. The van der Waals surface area contributed by atoms with Gasteiger partial charge in [0.05, 0.1) is 0 Å². The highest BCUT2D eigenvalue weighted by Crippen LogP contribution is 2.41. The van der Waals surface area contributed by atoms with Gasteiger partial charge in [-0.25, -0.2) is 14.3 Å². The highest BCUT2D eigenvalue weighted by atomic mass is 32.2. The number of hydrogen-bond acceptors (Lipinski definition) is 7. The predicted octanol–water partition coefficient (Wildman–Crippen LogP) is 1.43. The maximum absolute atomic E-state index is 12.2. The van der Waals surface area contributed by atoms with Crippen molar-refractivity contribution in [2.24, 2.45) is 0 Å². The smallest absolute Gasteiger partial charge is 0.422 e. The van der Waals surface area contributed by atoms with Gasteiger partial charge in [0.2, 0.25) is 0 Å². The van der Waals surface area contributed by atoms with E-state index in [0.29, 0.717) is 26.2 Å². The molecule has 1 aliphatic heterocycles. The Kier molecular flexibility index (Phi) is 6.75. The molecule has 0 spiro atoms. The molecule has 0 bridgehead atoms. The van der Waals surface area contributed by atoms with Crippen molar-refractivity contribution in [2.45, 2.75) is 71.1 Å². The van der Waals surface area contributed by atoms with Gasteiger partial charge < -0.3 is 14.4 Å². The number of ether oxygens (including phenoxy) is 2. The quantitative estimate of drug-likeness (QED) is 0.672. The molecule has 0 aromatic heterocycles. The Morgan fingerprint density at radius 3 is 1.90 bits per heavy atom. The molecule has 168 valence electrons. The third-order valence-electron chi connectivity index (χ3n) is 4.64. The minimum absolute atomic E-state index is 0.192. The fraction of sp³-hybridized carbons (Fsp3) is 0.889. The number of hydrogen-bond donors (Lipinski definition) is 2. The van der Waals surface area contributed by atoms with E-state index in [-0.39, 0.29) is 18.2 Å². The number of piperazine rings is 1. The monoisotopic (exact) mass is 434 g/mol. The van der Waals surface area contributed by atoms with Crippen LogP contribution in [0.5, 0.6) is 0 Å². The van der Waals surface area contributed by atoms with Crippen molar-refractivity contribution in [2.75, 3.05) is 32.7 Å². The van der Waals surface area contributed by atoms with Gasteiger partial charge in [0, 0.05) is 38.3 Å². The van der Waals surface area contributed by atoms with Crippen LogP contribution in [0.3, 0.4) is 0 Å². The normalized spacial score (nSPS) is 20.1. The van der Waals surface area contributed by atoms with Gasteiger partial charge in [-0.3, -0.25) is 4.90 Å². The van der Waals surface area contributed by atoms with E-state index in [9.17, 15) is 18.0 Å². The van der Waals surface area contributed by atoms with Crippen LogP contribution in [0.2, 0.25) is 0 Å². The summed E-state index contributed by atoms with van der Waals surface area (Å²) >= 11 is 0. The highest BCUT2D eigenvalue weighted by molar-refractivity contribution is 7.88. The lowest BCUT2D eigenvalue weighted by atomic mass is 10.2. The largest absolute Gasteiger partial charge is 0.444 e. The summed E-state index contributed by atoms with van der Waals surface area (Å²) in [6.07, 6.45) is 0.369. The lowest BCUT2D eigenvalue weighted by Gasteiger charge is -2.40. The van der Waals surface area contributed by atoms with Crippen molar-refractivity contribution < 1.29 is 27.5 Å². The Morgan fingerprint density at radius 2 is 1.45 bits per heavy atom. The number of amides is 2. The summed E-state index contributed by atoms with van der Waals surface area (Å²) in [4.78, 5) is 27.8. The maximum Gasteiger partial charge on any atom is 0.422 e. The highest BCUT2D eigenvalue weighted by Gasteiger charge is 2.49. The summed E-state index contributed by atoms with van der Waals surface area (Å²) in [6.45, 7) is 13.0. The molecule has 0 aromatic carbocycles. The van der Waals surface area contributed by atoms with E-state index in [1.165, 1.54) is 0 Å². The average molecular weight is 435 g/mol. The fourth-order valence-corrected chi connectivity index (χ4v) is 3.90. The first-order valence-corrected chi connectivity index (χ1v) is 11.3. The van der Waals surface area contributed by atoms with E-state index < -0.39 is 27.5 Å². The van der Waals surface area contributed by atoms with E-state index in [0.717, 1.165) is 12.8 Å². The SMILES string of the molecule is CC(C)(C)OC(=O)NS(=O)(=O)NCC1(N2CCN(C(=O)OC(C)(C)C)CC2)CC1. The molecular weight excluding hydrogens is 400 g/mol. The van der Waals surface area contributed by atoms with Crippen LogP contribution in [0.25, 0.3) is 0 Å². The van der Waals surface area contributed by atoms with Crippen LogP contribution in [-0.4, -0.2) is 79.9 Å². The molecule has 1 saturated heterocycles. The molecule has 11 heteroatoms. The zero-order valence-corrected chi connectivity index (χ0v) is 19.0. The molecule has 0 radical (unpaired) electrons. The minimum Gasteiger partial charge on any atom is -0.444 e. The van der Waals surface area contributed by atoms with Crippen LogP contribution in [0.15, 0.2) is 0 Å². The van der Waals surface area contributed by atoms with E-state index in [1.54, 1.807) is 25.7 Å². The van der Waals surface area contributed by atoms with Crippen molar-refractivity contribution >= 4 is 22.4 Å². The first kappa shape index (κ1) is 23.7. The molecule has 2 fully saturated rings. The van der Waals surface area contributed by atoms with Crippen molar-refractivity contribution in [1.29, 1.82) is 0 Å². The molecule has 2 amide bonds.